The number of anilines is 3. The van der Waals surface area contributed by atoms with Gasteiger partial charge in [-0.1, -0.05) is 133 Å². The molecule has 0 unspecified atom stereocenters. The van der Waals surface area contributed by atoms with Crippen LogP contribution in [0.15, 0.2) is 211 Å². The van der Waals surface area contributed by atoms with Crippen LogP contribution in [0.5, 0.6) is 0 Å². The van der Waals surface area contributed by atoms with E-state index in [0.717, 1.165) is 39.0 Å². The number of fused-ring (bicyclic) bond motifs is 7. The zero-order chi connectivity index (χ0) is 36.3. The molecule has 11 rings (SSSR count). The third kappa shape index (κ3) is 5.20. The molecule has 0 aliphatic rings. The molecule has 0 atom stereocenters. The maximum absolute atomic E-state index is 6.21. The van der Waals surface area contributed by atoms with E-state index < -0.39 is 0 Å². The van der Waals surface area contributed by atoms with Gasteiger partial charge in [-0.15, -0.1) is 0 Å². The Hall–Kier alpha value is -7.36. The zero-order valence-electron chi connectivity index (χ0n) is 29.9. The maximum Gasteiger partial charge on any atom is 0.135 e. The smallest absolute Gasteiger partial charge is 0.135 e. The Balaban J connectivity index is 1.02. The highest BCUT2D eigenvalue weighted by molar-refractivity contribution is 6.12. The minimum absolute atomic E-state index is 0.886. The number of nitrogens with zero attached hydrogens (tertiary/aromatic N) is 2. The van der Waals surface area contributed by atoms with Crippen LogP contribution in [0.1, 0.15) is 0 Å². The predicted molar refractivity (Wildman–Crippen MR) is 231 cm³/mol. The third-order valence-corrected chi connectivity index (χ3v) is 11.0. The summed E-state index contributed by atoms with van der Waals surface area (Å²) in [5, 5.41) is 7.19. The highest BCUT2D eigenvalue weighted by atomic mass is 16.3. The number of rotatable bonds is 6. The van der Waals surface area contributed by atoms with Crippen molar-refractivity contribution < 1.29 is 4.42 Å². The minimum Gasteiger partial charge on any atom is -0.456 e. The first-order valence-corrected chi connectivity index (χ1v) is 18.8. The van der Waals surface area contributed by atoms with E-state index in [-0.39, 0.29) is 0 Å². The van der Waals surface area contributed by atoms with Crippen molar-refractivity contribution in [3.05, 3.63) is 206 Å². The summed E-state index contributed by atoms with van der Waals surface area (Å²) >= 11 is 0. The normalized spacial score (nSPS) is 11.6. The lowest BCUT2D eigenvalue weighted by atomic mass is 10.0. The van der Waals surface area contributed by atoms with Crippen LogP contribution in [0, 0.1) is 0 Å². The van der Waals surface area contributed by atoms with E-state index in [1.54, 1.807) is 0 Å². The van der Waals surface area contributed by atoms with Crippen molar-refractivity contribution in [3.8, 4) is 27.9 Å². The van der Waals surface area contributed by atoms with E-state index in [0.29, 0.717) is 0 Å². The summed E-state index contributed by atoms with van der Waals surface area (Å²) in [5.74, 6) is 0. The molecule has 55 heavy (non-hydrogen) atoms. The number of para-hydroxylation sites is 2. The first-order chi connectivity index (χ1) is 27.3. The first-order valence-electron chi connectivity index (χ1n) is 18.8. The van der Waals surface area contributed by atoms with Crippen LogP contribution in [-0.4, -0.2) is 4.57 Å². The molecule has 9 aromatic carbocycles. The maximum atomic E-state index is 6.21. The van der Waals surface area contributed by atoms with Gasteiger partial charge >= 0.3 is 0 Å². The molecule has 0 aliphatic carbocycles. The van der Waals surface area contributed by atoms with Gasteiger partial charge in [-0.25, -0.2) is 0 Å². The summed E-state index contributed by atoms with van der Waals surface area (Å²) in [5.41, 5.74) is 13.4. The van der Waals surface area contributed by atoms with Gasteiger partial charge in [0.25, 0.3) is 0 Å². The summed E-state index contributed by atoms with van der Waals surface area (Å²) in [6.45, 7) is 0. The van der Waals surface area contributed by atoms with Crippen LogP contribution in [0.2, 0.25) is 0 Å². The second kappa shape index (κ2) is 12.6. The van der Waals surface area contributed by atoms with Gasteiger partial charge in [0, 0.05) is 44.0 Å². The average molecular weight is 703 g/mol. The van der Waals surface area contributed by atoms with Crippen molar-refractivity contribution in [1.29, 1.82) is 0 Å². The van der Waals surface area contributed by atoms with Crippen molar-refractivity contribution in [1.82, 2.24) is 4.57 Å². The topological polar surface area (TPSA) is 21.3 Å². The van der Waals surface area contributed by atoms with E-state index in [2.05, 4.69) is 204 Å². The summed E-state index contributed by atoms with van der Waals surface area (Å²) in [7, 11) is 0. The van der Waals surface area contributed by atoms with Gasteiger partial charge in [-0.2, -0.15) is 0 Å². The monoisotopic (exact) mass is 702 g/mol. The summed E-state index contributed by atoms with van der Waals surface area (Å²) < 4.78 is 8.63. The van der Waals surface area contributed by atoms with Crippen molar-refractivity contribution in [2.75, 3.05) is 4.90 Å². The molecule has 0 radical (unpaired) electrons. The lowest BCUT2D eigenvalue weighted by molar-refractivity contribution is 0.669. The summed E-state index contributed by atoms with van der Waals surface area (Å²) in [6.07, 6.45) is 0. The van der Waals surface area contributed by atoms with Gasteiger partial charge in [-0.3, -0.25) is 0 Å². The third-order valence-electron chi connectivity index (χ3n) is 11.0. The Morgan fingerprint density at radius 1 is 0.327 bits per heavy atom. The molecule has 0 N–H and O–H groups in total. The Morgan fingerprint density at radius 2 is 0.891 bits per heavy atom. The van der Waals surface area contributed by atoms with Gasteiger partial charge < -0.3 is 13.9 Å². The summed E-state index contributed by atoms with van der Waals surface area (Å²) in [6, 6.07) is 74.0. The molecule has 2 aromatic heterocycles. The number of benzene rings is 9. The highest BCUT2D eigenvalue weighted by Crippen LogP contribution is 2.41. The molecule has 0 saturated heterocycles. The van der Waals surface area contributed by atoms with Gasteiger partial charge in [0.05, 0.1) is 16.7 Å². The minimum atomic E-state index is 0.886. The molecule has 3 heteroatoms. The molecule has 0 spiro atoms. The first kappa shape index (κ1) is 31.2. The number of hydrogen-bond donors (Lipinski definition) is 0. The van der Waals surface area contributed by atoms with Crippen molar-refractivity contribution in [2.24, 2.45) is 0 Å². The second-order valence-electron chi connectivity index (χ2n) is 14.2. The molecule has 2 heterocycles. The molecule has 11 aromatic rings. The molecular formula is C52H34N2O. The van der Waals surface area contributed by atoms with Gasteiger partial charge in [-0.05, 0) is 100 Å². The van der Waals surface area contributed by atoms with E-state index in [4.69, 9.17) is 4.42 Å². The number of furan rings is 1. The fourth-order valence-corrected chi connectivity index (χ4v) is 8.35. The molecule has 0 bridgehead atoms. The second-order valence-corrected chi connectivity index (χ2v) is 14.2. The van der Waals surface area contributed by atoms with Gasteiger partial charge in [0.15, 0.2) is 0 Å². The largest absolute Gasteiger partial charge is 0.456 e. The van der Waals surface area contributed by atoms with Gasteiger partial charge in [0.2, 0.25) is 0 Å². The summed E-state index contributed by atoms with van der Waals surface area (Å²) in [4.78, 5) is 2.33. The highest BCUT2D eigenvalue weighted by Gasteiger charge is 2.18. The molecule has 0 amide bonds. The van der Waals surface area contributed by atoms with Gasteiger partial charge in [0.1, 0.15) is 11.2 Å². The lowest BCUT2D eigenvalue weighted by Crippen LogP contribution is -2.09. The number of hydrogen-bond acceptors (Lipinski definition) is 2. The Morgan fingerprint density at radius 3 is 1.69 bits per heavy atom. The van der Waals surface area contributed by atoms with E-state index in [1.807, 2.05) is 12.1 Å². The van der Waals surface area contributed by atoms with Crippen LogP contribution in [0.25, 0.3) is 82.5 Å². The quantitative estimate of drug-likeness (QED) is 0.172. The predicted octanol–water partition coefficient (Wildman–Crippen LogP) is 14.6. The fourth-order valence-electron chi connectivity index (χ4n) is 8.35. The molecule has 3 nitrogen and oxygen atoms in total. The molecule has 0 fully saturated rings. The number of aromatic nitrogens is 1. The van der Waals surface area contributed by atoms with Crippen molar-refractivity contribution in [2.45, 2.75) is 0 Å². The zero-order valence-corrected chi connectivity index (χ0v) is 29.9. The van der Waals surface area contributed by atoms with E-state index in [9.17, 15) is 0 Å². The van der Waals surface area contributed by atoms with Crippen molar-refractivity contribution >= 4 is 71.6 Å². The Bertz CT molecular complexity index is 3180. The Labute approximate surface area is 318 Å². The van der Waals surface area contributed by atoms with Crippen LogP contribution < -0.4 is 4.90 Å². The Kier molecular flexibility index (Phi) is 7.17. The average Bonchev–Trinajstić information content (AvgIpc) is 3.79. The lowest BCUT2D eigenvalue weighted by Gasteiger charge is -2.26. The van der Waals surface area contributed by atoms with Crippen LogP contribution in [0.4, 0.5) is 17.1 Å². The standard InChI is InChI=1S/C52H34N2O/c1-2-11-35(12-3-1)36-21-26-40(27-22-36)53(42-30-32-52-47(34-42)45-17-7-9-20-51(45)55-52)41-28-23-37(24-29-41)39-25-31-50-46(33-39)44-16-6-8-18-49(44)54(50)48-19-10-14-38-13-4-5-15-43(38)48/h1-34H. The fraction of sp³-hybridized carbons (Fsp3) is 0. The molecule has 258 valence electrons. The molecular weight excluding hydrogens is 669 g/mol. The van der Waals surface area contributed by atoms with Crippen LogP contribution in [-0.2, 0) is 0 Å². The molecule has 0 saturated carbocycles. The van der Waals surface area contributed by atoms with E-state index in [1.165, 1.54) is 60.5 Å². The SMILES string of the molecule is c1ccc(-c2ccc(N(c3ccc(-c4ccc5c(c4)c4ccccc4n5-c4cccc5ccccc45)cc3)c3ccc4oc5ccccc5c4c3)cc2)cc1. The molecule has 0 aliphatic heterocycles. The van der Waals surface area contributed by atoms with E-state index >= 15 is 0 Å². The van der Waals surface area contributed by atoms with Crippen LogP contribution in [0.3, 0.4) is 0 Å². The van der Waals surface area contributed by atoms with Crippen LogP contribution >= 0.6 is 0 Å². The van der Waals surface area contributed by atoms with Crippen molar-refractivity contribution in [3.63, 3.8) is 0 Å².